The van der Waals surface area contributed by atoms with Crippen molar-refractivity contribution in [2.75, 3.05) is 13.2 Å². The van der Waals surface area contributed by atoms with Crippen LogP contribution in [0, 0.1) is 0 Å². The molecule has 3 N–H and O–H groups in total. The first-order valence-corrected chi connectivity index (χ1v) is 7.41. The van der Waals surface area contributed by atoms with Gasteiger partial charge in [0.05, 0.1) is 6.61 Å². The molecule has 1 fully saturated rings. The second-order valence-electron chi connectivity index (χ2n) is 5.61. The number of hydrogen-bond acceptors (Lipinski definition) is 3. The van der Waals surface area contributed by atoms with Gasteiger partial charge in [-0.05, 0) is 31.4 Å². The largest absolute Gasteiger partial charge is 0.494 e. The Hall–Kier alpha value is -1.55. The van der Waals surface area contributed by atoms with Gasteiger partial charge in [0.25, 0.3) is 0 Å². The zero-order valence-corrected chi connectivity index (χ0v) is 11.9. The molecule has 0 spiro atoms. The average molecular weight is 276 g/mol. The zero-order chi connectivity index (χ0) is 14.3. The number of para-hydroxylation sites is 1. The molecule has 110 valence electrons. The quantitative estimate of drug-likeness (QED) is 0.751. The maximum Gasteiger partial charge on any atom is 0.221 e. The van der Waals surface area contributed by atoms with Crippen LogP contribution in [-0.2, 0) is 4.79 Å². The van der Waals surface area contributed by atoms with E-state index in [2.05, 4.69) is 5.32 Å². The van der Waals surface area contributed by atoms with Gasteiger partial charge in [-0.15, -0.1) is 0 Å². The van der Waals surface area contributed by atoms with E-state index >= 15 is 0 Å². The summed E-state index contributed by atoms with van der Waals surface area (Å²) in [5.41, 5.74) is 5.92. The Kier molecular flexibility index (Phi) is 5.41. The number of carbonyl (C=O) groups excluding carboxylic acids is 1. The molecule has 1 saturated carbocycles. The van der Waals surface area contributed by atoms with Crippen molar-refractivity contribution in [1.82, 2.24) is 5.32 Å². The molecule has 2 rings (SSSR count). The molecule has 20 heavy (non-hydrogen) atoms. The Morgan fingerprint density at radius 3 is 2.65 bits per heavy atom. The van der Waals surface area contributed by atoms with Crippen molar-refractivity contribution in [2.24, 2.45) is 5.73 Å². The lowest BCUT2D eigenvalue weighted by Gasteiger charge is -2.22. The monoisotopic (exact) mass is 276 g/mol. The van der Waals surface area contributed by atoms with Gasteiger partial charge in [0.2, 0.25) is 5.91 Å². The number of benzene rings is 1. The summed E-state index contributed by atoms with van der Waals surface area (Å²) in [7, 11) is 0. The van der Waals surface area contributed by atoms with Crippen molar-refractivity contribution in [3.8, 4) is 5.75 Å². The highest BCUT2D eigenvalue weighted by Gasteiger charge is 2.31. The molecule has 1 aromatic rings. The lowest BCUT2D eigenvalue weighted by Crippen LogP contribution is -2.42. The smallest absolute Gasteiger partial charge is 0.221 e. The Morgan fingerprint density at radius 1 is 1.25 bits per heavy atom. The van der Waals surface area contributed by atoms with Crippen molar-refractivity contribution < 1.29 is 9.53 Å². The third kappa shape index (κ3) is 4.85. The van der Waals surface area contributed by atoms with Crippen molar-refractivity contribution in [1.29, 1.82) is 0 Å². The molecule has 4 heteroatoms. The summed E-state index contributed by atoms with van der Waals surface area (Å²) in [5.74, 6) is 0.930. The van der Waals surface area contributed by atoms with Gasteiger partial charge < -0.3 is 15.8 Å². The van der Waals surface area contributed by atoms with E-state index in [1.54, 1.807) is 0 Å². The van der Waals surface area contributed by atoms with Crippen molar-refractivity contribution in [2.45, 2.75) is 44.1 Å². The molecule has 0 atom stereocenters. The standard InChI is InChI=1S/C16H24N2O2/c17-16(9-4-5-10-16)13-15(19)18-11-6-12-20-14-7-2-1-3-8-14/h1-3,7-8H,4-6,9-13,17H2,(H,18,19). The Morgan fingerprint density at radius 2 is 1.95 bits per heavy atom. The Labute approximate surface area is 120 Å². The normalized spacial score (nSPS) is 16.9. The fourth-order valence-electron chi connectivity index (χ4n) is 2.64. The number of rotatable bonds is 7. The second kappa shape index (κ2) is 7.29. The minimum Gasteiger partial charge on any atom is -0.494 e. The first kappa shape index (κ1) is 14.9. The minimum atomic E-state index is -0.259. The van der Waals surface area contributed by atoms with Gasteiger partial charge in [-0.25, -0.2) is 0 Å². The Bertz CT molecular complexity index is 414. The summed E-state index contributed by atoms with van der Waals surface area (Å²) >= 11 is 0. The van der Waals surface area contributed by atoms with Crippen LogP contribution in [0.2, 0.25) is 0 Å². The molecule has 4 nitrogen and oxygen atoms in total. The summed E-state index contributed by atoms with van der Waals surface area (Å²) in [5, 5.41) is 2.92. The molecule has 1 aliphatic carbocycles. The molecule has 1 aliphatic rings. The summed E-state index contributed by atoms with van der Waals surface area (Å²) in [6.45, 7) is 1.25. The van der Waals surface area contributed by atoms with Crippen molar-refractivity contribution in [3.05, 3.63) is 30.3 Å². The molecule has 1 amide bonds. The van der Waals surface area contributed by atoms with Crippen LogP contribution in [0.15, 0.2) is 30.3 Å². The first-order valence-electron chi connectivity index (χ1n) is 7.41. The van der Waals surface area contributed by atoms with Crippen LogP contribution >= 0.6 is 0 Å². The van der Waals surface area contributed by atoms with E-state index in [0.29, 0.717) is 19.6 Å². The molecule has 0 heterocycles. The van der Waals surface area contributed by atoms with Crippen LogP contribution in [0.5, 0.6) is 5.75 Å². The number of hydrogen-bond donors (Lipinski definition) is 2. The van der Waals surface area contributed by atoms with Gasteiger partial charge in [0, 0.05) is 18.5 Å². The van der Waals surface area contributed by atoms with Gasteiger partial charge in [-0.1, -0.05) is 31.0 Å². The van der Waals surface area contributed by atoms with E-state index < -0.39 is 0 Å². The molecule has 0 unspecified atom stereocenters. The fourth-order valence-corrected chi connectivity index (χ4v) is 2.64. The lowest BCUT2D eigenvalue weighted by molar-refractivity contribution is -0.122. The highest BCUT2D eigenvalue weighted by Crippen LogP contribution is 2.29. The molecule has 0 bridgehead atoms. The van der Waals surface area contributed by atoms with E-state index in [-0.39, 0.29) is 11.4 Å². The van der Waals surface area contributed by atoms with Crippen LogP contribution in [0.3, 0.4) is 0 Å². The number of nitrogens with two attached hydrogens (primary N) is 1. The maximum absolute atomic E-state index is 11.8. The molecule has 0 radical (unpaired) electrons. The predicted molar refractivity (Wildman–Crippen MR) is 79.6 cm³/mol. The highest BCUT2D eigenvalue weighted by atomic mass is 16.5. The number of amides is 1. The molecular weight excluding hydrogens is 252 g/mol. The predicted octanol–water partition coefficient (Wildman–Crippen LogP) is 2.23. The van der Waals surface area contributed by atoms with Gasteiger partial charge in [-0.3, -0.25) is 4.79 Å². The molecule has 1 aromatic carbocycles. The molecule has 0 aromatic heterocycles. The lowest BCUT2D eigenvalue weighted by atomic mass is 9.94. The van der Waals surface area contributed by atoms with Gasteiger partial charge in [-0.2, -0.15) is 0 Å². The van der Waals surface area contributed by atoms with E-state index in [9.17, 15) is 4.79 Å². The number of nitrogens with one attached hydrogen (secondary N) is 1. The third-order valence-electron chi connectivity index (χ3n) is 3.77. The van der Waals surface area contributed by atoms with Crippen molar-refractivity contribution >= 4 is 5.91 Å². The van der Waals surface area contributed by atoms with Crippen LogP contribution in [-0.4, -0.2) is 24.6 Å². The minimum absolute atomic E-state index is 0.0640. The zero-order valence-electron chi connectivity index (χ0n) is 11.9. The van der Waals surface area contributed by atoms with E-state index in [0.717, 1.165) is 37.9 Å². The molecule has 0 saturated heterocycles. The summed E-state index contributed by atoms with van der Waals surface area (Å²) in [4.78, 5) is 11.8. The fraction of sp³-hybridized carbons (Fsp3) is 0.562. The molecule has 0 aliphatic heterocycles. The summed E-state index contributed by atoms with van der Waals surface area (Å²) in [6.07, 6.45) is 5.49. The molecular formula is C16H24N2O2. The first-order chi connectivity index (χ1) is 9.68. The van der Waals surface area contributed by atoms with Crippen LogP contribution in [0.4, 0.5) is 0 Å². The van der Waals surface area contributed by atoms with Crippen LogP contribution in [0.25, 0.3) is 0 Å². The number of carbonyl (C=O) groups is 1. The van der Waals surface area contributed by atoms with E-state index in [1.165, 1.54) is 0 Å². The maximum atomic E-state index is 11.8. The van der Waals surface area contributed by atoms with Gasteiger partial charge >= 0.3 is 0 Å². The van der Waals surface area contributed by atoms with E-state index in [4.69, 9.17) is 10.5 Å². The second-order valence-corrected chi connectivity index (χ2v) is 5.61. The van der Waals surface area contributed by atoms with E-state index in [1.807, 2.05) is 30.3 Å². The van der Waals surface area contributed by atoms with Crippen molar-refractivity contribution in [3.63, 3.8) is 0 Å². The Balaban J connectivity index is 1.55. The third-order valence-corrected chi connectivity index (χ3v) is 3.77. The van der Waals surface area contributed by atoms with Crippen LogP contribution < -0.4 is 15.8 Å². The SMILES string of the molecule is NC1(CC(=O)NCCCOc2ccccc2)CCCC1. The summed E-state index contributed by atoms with van der Waals surface area (Å²) in [6, 6.07) is 9.70. The van der Waals surface area contributed by atoms with Crippen LogP contribution in [0.1, 0.15) is 38.5 Å². The van der Waals surface area contributed by atoms with Gasteiger partial charge in [0.1, 0.15) is 5.75 Å². The highest BCUT2D eigenvalue weighted by molar-refractivity contribution is 5.77. The summed E-state index contributed by atoms with van der Waals surface area (Å²) < 4.78 is 5.57. The topological polar surface area (TPSA) is 64.4 Å². The van der Waals surface area contributed by atoms with Gasteiger partial charge in [0.15, 0.2) is 0 Å². The average Bonchev–Trinajstić information content (AvgIpc) is 2.86. The number of ether oxygens (including phenoxy) is 1.